The third kappa shape index (κ3) is 4.34. The molecule has 3 N–H and O–H groups in total. The number of rotatable bonds is 6. The molecule has 1 saturated heterocycles. The first-order valence-corrected chi connectivity index (χ1v) is 12.7. The summed E-state index contributed by atoms with van der Waals surface area (Å²) in [5.41, 5.74) is 1.24. The number of amides is 1. The lowest BCUT2D eigenvalue weighted by atomic mass is 9.79. The Bertz CT molecular complexity index is 1340. The zero-order chi connectivity index (χ0) is 23.7. The van der Waals surface area contributed by atoms with Crippen molar-refractivity contribution in [2.75, 3.05) is 5.32 Å². The summed E-state index contributed by atoms with van der Waals surface area (Å²) in [6.45, 7) is 1.91. The van der Waals surface area contributed by atoms with E-state index in [-0.39, 0.29) is 18.1 Å². The second kappa shape index (κ2) is 9.25. The van der Waals surface area contributed by atoms with Gasteiger partial charge in [0.05, 0.1) is 10.7 Å². The van der Waals surface area contributed by atoms with Crippen molar-refractivity contribution >= 4 is 58.2 Å². The maximum atomic E-state index is 13.4. The van der Waals surface area contributed by atoms with Crippen molar-refractivity contribution in [1.82, 2.24) is 20.3 Å². The Labute approximate surface area is 209 Å². The molecule has 2 atom stereocenters. The van der Waals surface area contributed by atoms with Gasteiger partial charge in [-0.15, -0.1) is 11.8 Å². The highest BCUT2D eigenvalue weighted by Gasteiger charge is 2.48. The summed E-state index contributed by atoms with van der Waals surface area (Å²) in [6, 6.07) is 14.6. The van der Waals surface area contributed by atoms with Crippen LogP contribution in [-0.4, -0.2) is 31.9 Å². The molecule has 1 aliphatic heterocycles. The molecule has 1 fully saturated rings. The van der Waals surface area contributed by atoms with E-state index in [4.69, 9.17) is 16.6 Å². The van der Waals surface area contributed by atoms with Crippen LogP contribution in [-0.2, 0) is 15.1 Å². The molecule has 0 radical (unpaired) electrons. The van der Waals surface area contributed by atoms with E-state index in [0.29, 0.717) is 27.4 Å². The lowest BCUT2D eigenvalue weighted by Crippen LogP contribution is -2.58. The molecular weight excluding hydrogens is 490 g/mol. The number of aryl methyl sites for hydroxylation is 1. The highest BCUT2D eigenvalue weighted by Crippen LogP contribution is 2.41. The van der Waals surface area contributed by atoms with Crippen LogP contribution in [0.15, 0.2) is 70.4 Å². The van der Waals surface area contributed by atoms with Gasteiger partial charge in [-0.1, -0.05) is 29.8 Å². The van der Waals surface area contributed by atoms with Gasteiger partial charge in [-0.3, -0.25) is 9.59 Å². The zero-order valence-corrected chi connectivity index (χ0v) is 20.4. The predicted molar refractivity (Wildman–Crippen MR) is 135 cm³/mol. The molecule has 1 aliphatic rings. The SMILES string of the molecule is Cc1cnc(Nc2cccc(C3(c4ccsc4)CC(=O)C(Sc4ccccc4Cl)C(=O)N3)n2)[nH]1. The Morgan fingerprint density at radius 2 is 2.03 bits per heavy atom. The smallest absolute Gasteiger partial charge is 0.242 e. The predicted octanol–water partition coefficient (Wildman–Crippen LogP) is 5.07. The molecule has 10 heteroatoms. The number of nitrogens with one attached hydrogen (secondary N) is 3. The van der Waals surface area contributed by atoms with Crippen LogP contribution in [0.4, 0.5) is 11.8 Å². The molecule has 4 heterocycles. The zero-order valence-electron chi connectivity index (χ0n) is 18.0. The van der Waals surface area contributed by atoms with Crippen LogP contribution in [0.5, 0.6) is 0 Å². The van der Waals surface area contributed by atoms with Gasteiger partial charge >= 0.3 is 0 Å². The van der Waals surface area contributed by atoms with Crippen LogP contribution in [0.25, 0.3) is 0 Å². The third-order valence-corrected chi connectivity index (χ3v) is 7.99. The van der Waals surface area contributed by atoms with Gasteiger partial charge in [0.25, 0.3) is 0 Å². The van der Waals surface area contributed by atoms with Crippen molar-refractivity contribution < 1.29 is 9.59 Å². The van der Waals surface area contributed by atoms with Crippen molar-refractivity contribution in [2.24, 2.45) is 0 Å². The van der Waals surface area contributed by atoms with Crippen molar-refractivity contribution in [3.8, 4) is 0 Å². The number of anilines is 2. The van der Waals surface area contributed by atoms with E-state index >= 15 is 0 Å². The van der Waals surface area contributed by atoms with Crippen molar-refractivity contribution in [2.45, 2.75) is 29.0 Å². The van der Waals surface area contributed by atoms with E-state index in [0.717, 1.165) is 11.3 Å². The van der Waals surface area contributed by atoms with Gasteiger partial charge < -0.3 is 15.6 Å². The number of Topliss-reactive ketones (excluding diaryl/α,β-unsaturated/α-hetero) is 1. The van der Waals surface area contributed by atoms with Gasteiger partial charge in [0.2, 0.25) is 11.9 Å². The van der Waals surface area contributed by atoms with Crippen LogP contribution in [0.3, 0.4) is 0 Å². The molecule has 0 saturated carbocycles. The second-order valence-corrected chi connectivity index (χ2v) is 10.3. The van der Waals surface area contributed by atoms with Crippen molar-refractivity contribution in [1.29, 1.82) is 0 Å². The number of nitrogens with zero attached hydrogens (tertiary/aromatic N) is 2. The molecule has 7 nitrogen and oxygen atoms in total. The Morgan fingerprint density at radius 3 is 2.74 bits per heavy atom. The first-order valence-electron chi connectivity index (χ1n) is 10.5. The topological polar surface area (TPSA) is 99.8 Å². The van der Waals surface area contributed by atoms with E-state index in [1.165, 1.54) is 23.1 Å². The summed E-state index contributed by atoms with van der Waals surface area (Å²) < 4.78 is 0. The van der Waals surface area contributed by atoms with Crippen LogP contribution in [0.1, 0.15) is 23.4 Å². The Balaban J connectivity index is 1.49. The van der Waals surface area contributed by atoms with Crippen LogP contribution >= 0.6 is 34.7 Å². The average Bonchev–Trinajstić information content (AvgIpc) is 3.50. The number of halogens is 1. The summed E-state index contributed by atoms with van der Waals surface area (Å²) in [7, 11) is 0. The lowest BCUT2D eigenvalue weighted by molar-refractivity contribution is -0.133. The molecule has 2 unspecified atom stereocenters. The minimum absolute atomic E-state index is 0.0773. The van der Waals surface area contributed by atoms with Crippen LogP contribution in [0.2, 0.25) is 5.02 Å². The number of hydrogen-bond acceptors (Lipinski definition) is 7. The van der Waals surface area contributed by atoms with E-state index in [9.17, 15) is 9.59 Å². The number of thiophene rings is 1. The molecule has 4 aromatic rings. The molecule has 5 rings (SSSR count). The van der Waals surface area contributed by atoms with Gasteiger partial charge in [-0.05, 0) is 53.6 Å². The fourth-order valence-corrected chi connectivity index (χ4v) is 5.90. The first-order chi connectivity index (χ1) is 16.4. The number of carbonyl (C=O) groups is 2. The van der Waals surface area contributed by atoms with Crippen LogP contribution in [0, 0.1) is 6.92 Å². The number of aromatic amines is 1. The summed E-state index contributed by atoms with van der Waals surface area (Å²) in [6.07, 6.45) is 1.80. The third-order valence-electron chi connectivity index (χ3n) is 5.54. The van der Waals surface area contributed by atoms with Crippen molar-refractivity contribution in [3.05, 3.63) is 87.5 Å². The fourth-order valence-electron chi connectivity index (χ4n) is 3.93. The Morgan fingerprint density at radius 1 is 1.18 bits per heavy atom. The molecule has 0 aliphatic carbocycles. The van der Waals surface area contributed by atoms with E-state index in [2.05, 4.69) is 20.6 Å². The molecule has 0 bridgehead atoms. The monoisotopic (exact) mass is 509 g/mol. The summed E-state index contributed by atoms with van der Waals surface area (Å²) in [4.78, 5) is 39.6. The number of thioether (sulfide) groups is 1. The Hall–Kier alpha value is -3.14. The summed E-state index contributed by atoms with van der Waals surface area (Å²) in [5.74, 6) is 0.568. The summed E-state index contributed by atoms with van der Waals surface area (Å²) in [5, 5.41) is 9.76. The number of pyridine rings is 1. The van der Waals surface area contributed by atoms with Crippen molar-refractivity contribution in [3.63, 3.8) is 0 Å². The minimum atomic E-state index is -1.07. The quantitative estimate of drug-likeness (QED) is 0.314. The number of aromatic nitrogens is 3. The van der Waals surface area contributed by atoms with Gasteiger partial charge in [-0.2, -0.15) is 11.3 Å². The number of H-pyrrole nitrogens is 1. The average molecular weight is 510 g/mol. The van der Waals surface area contributed by atoms with Gasteiger partial charge in [-0.25, -0.2) is 9.97 Å². The van der Waals surface area contributed by atoms with E-state index < -0.39 is 10.8 Å². The highest BCUT2D eigenvalue weighted by atomic mass is 35.5. The molecule has 1 aromatic carbocycles. The molecule has 1 amide bonds. The van der Waals surface area contributed by atoms with Crippen LogP contribution < -0.4 is 10.6 Å². The molecule has 172 valence electrons. The maximum absolute atomic E-state index is 13.4. The number of benzene rings is 1. The lowest BCUT2D eigenvalue weighted by Gasteiger charge is -2.39. The van der Waals surface area contributed by atoms with Gasteiger partial charge in [0.15, 0.2) is 5.78 Å². The maximum Gasteiger partial charge on any atom is 0.242 e. The van der Waals surface area contributed by atoms with E-state index in [1.54, 1.807) is 18.3 Å². The minimum Gasteiger partial charge on any atom is -0.339 e. The van der Waals surface area contributed by atoms with Gasteiger partial charge in [0.1, 0.15) is 16.6 Å². The second-order valence-electron chi connectivity index (χ2n) is 7.93. The standard InChI is InChI=1S/C24H20ClN5O2S2/c1-14-12-26-23(27-14)29-20-8-4-7-19(28-20)24(15-9-10-33-13-15)11-17(31)21(22(32)30-24)34-18-6-3-2-5-16(18)25/h2-10,12-13,21H,11H2,1H3,(H,30,32)(H2,26,27,28,29). The van der Waals surface area contributed by atoms with E-state index in [1.807, 2.05) is 54.1 Å². The number of hydrogen-bond donors (Lipinski definition) is 3. The fraction of sp³-hybridized carbons (Fsp3) is 0.167. The number of imidazole rings is 1. The van der Waals surface area contributed by atoms with Gasteiger partial charge in [0, 0.05) is 23.2 Å². The molecule has 0 spiro atoms. The normalized spacial score (nSPS) is 20.2. The number of ketones is 1. The Kier molecular flexibility index (Phi) is 6.16. The molecule has 34 heavy (non-hydrogen) atoms. The largest absolute Gasteiger partial charge is 0.339 e. The number of carbonyl (C=O) groups excluding carboxylic acids is 2. The number of piperidine rings is 1. The highest BCUT2D eigenvalue weighted by molar-refractivity contribution is 8.01. The summed E-state index contributed by atoms with van der Waals surface area (Å²) >= 11 is 8.94. The molecular formula is C24H20ClN5O2S2. The first kappa shape index (κ1) is 22.6. The molecule has 3 aromatic heterocycles.